The van der Waals surface area contributed by atoms with Crippen LogP contribution in [0.4, 0.5) is 0 Å². The first-order chi connectivity index (χ1) is 13.2. The van der Waals surface area contributed by atoms with Crippen LogP contribution >= 0.6 is 11.6 Å². The van der Waals surface area contributed by atoms with Crippen LogP contribution in [0.1, 0.15) is 36.9 Å². The van der Waals surface area contributed by atoms with Gasteiger partial charge in [-0.3, -0.25) is 0 Å². The molecular weight excluding hydrogens is 358 g/mol. The summed E-state index contributed by atoms with van der Waals surface area (Å²) >= 11 is 6.53. The van der Waals surface area contributed by atoms with Crippen LogP contribution in [0.15, 0.2) is 53.6 Å². The Hall–Kier alpha value is -2.04. The number of likely N-dealkylation sites (tertiary alicyclic amines) is 1. The lowest BCUT2D eigenvalue weighted by atomic mass is 9.86. The second-order valence-electron chi connectivity index (χ2n) is 7.33. The maximum atomic E-state index is 6.53. The minimum absolute atomic E-state index is 0.195. The van der Waals surface area contributed by atoms with Crippen molar-refractivity contribution >= 4 is 17.3 Å². The smallest absolute Gasteiger partial charge is 0.138 e. The van der Waals surface area contributed by atoms with E-state index in [1.54, 1.807) is 0 Å². The Labute approximate surface area is 166 Å². The Kier molecular flexibility index (Phi) is 5.65. The summed E-state index contributed by atoms with van der Waals surface area (Å²) in [7, 11) is 0. The number of benzene rings is 2. The molecule has 0 saturated carbocycles. The molecule has 0 spiro atoms. The maximum absolute atomic E-state index is 6.53. The van der Waals surface area contributed by atoms with Gasteiger partial charge in [-0.1, -0.05) is 54.9 Å². The van der Waals surface area contributed by atoms with E-state index < -0.39 is 0 Å². The second-order valence-corrected chi connectivity index (χ2v) is 7.74. The topological polar surface area (TPSA) is 36.9 Å². The van der Waals surface area contributed by atoms with E-state index in [0.717, 1.165) is 37.4 Å². The van der Waals surface area contributed by atoms with Gasteiger partial charge in [0.2, 0.25) is 0 Å². The van der Waals surface area contributed by atoms with E-state index in [-0.39, 0.29) is 6.04 Å². The predicted octanol–water partition coefficient (Wildman–Crippen LogP) is 4.65. The van der Waals surface area contributed by atoms with Crippen molar-refractivity contribution in [3.05, 3.63) is 64.7 Å². The molecular formula is C22H26ClN3O. The molecule has 27 heavy (non-hydrogen) atoms. The molecule has 2 heterocycles. The molecule has 5 heteroatoms. The molecule has 4 rings (SSSR count). The molecule has 2 aliphatic rings. The zero-order valence-corrected chi connectivity index (χ0v) is 16.5. The van der Waals surface area contributed by atoms with Crippen LogP contribution < -0.4 is 10.2 Å². The molecule has 2 aromatic rings. The molecule has 4 nitrogen and oxygen atoms in total. The summed E-state index contributed by atoms with van der Waals surface area (Å²) in [4.78, 5) is 2.54. The summed E-state index contributed by atoms with van der Waals surface area (Å²) in [5.74, 6) is 1.15. The van der Waals surface area contributed by atoms with Crippen molar-refractivity contribution in [2.45, 2.75) is 32.4 Å². The summed E-state index contributed by atoms with van der Waals surface area (Å²) in [6.07, 6.45) is 2.25. The normalized spacial score (nSPS) is 22.1. The fraction of sp³-hybridized carbons (Fsp3) is 0.409. The Morgan fingerprint density at radius 2 is 2.07 bits per heavy atom. The number of ether oxygens (including phenoxy) is 1. The monoisotopic (exact) mass is 383 g/mol. The Bertz CT molecular complexity index is 808. The average Bonchev–Trinajstić information content (AvgIpc) is 3.11. The van der Waals surface area contributed by atoms with Gasteiger partial charge in [0.05, 0.1) is 11.1 Å². The third-order valence-corrected chi connectivity index (χ3v) is 5.70. The van der Waals surface area contributed by atoms with Crippen LogP contribution in [0.25, 0.3) is 0 Å². The second kappa shape index (κ2) is 8.32. The molecule has 0 aromatic heterocycles. The molecule has 0 aliphatic carbocycles. The van der Waals surface area contributed by atoms with Crippen molar-refractivity contribution in [3.8, 4) is 5.75 Å². The van der Waals surface area contributed by atoms with Gasteiger partial charge in [-0.25, -0.2) is 0 Å². The zero-order chi connectivity index (χ0) is 18.6. The van der Waals surface area contributed by atoms with Gasteiger partial charge >= 0.3 is 0 Å². The number of hydrazone groups is 1. The average molecular weight is 384 g/mol. The van der Waals surface area contributed by atoms with Crippen LogP contribution in [0, 0.1) is 5.92 Å². The Morgan fingerprint density at radius 1 is 1.22 bits per heavy atom. The van der Waals surface area contributed by atoms with Gasteiger partial charge in [0.15, 0.2) is 0 Å². The summed E-state index contributed by atoms with van der Waals surface area (Å²) < 4.78 is 5.91. The van der Waals surface area contributed by atoms with Gasteiger partial charge in [0.25, 0.3) is 0 Å². The molecule has 142 valence electrons. The van der Waals surface area contributed by atoms with Crippen LogP contribution in [0.2, 0.25) is 5.02 Å². The highest BCUT2D eigenvalue weighted by molar-refractivity contribution is 6.32. The largest absolute Gasteiger partial charge is 0.487 e. The van der Waals surface area contributed by atoms with Crippen molar-refractivity contribution in [3.63, 3.8) is 0 Å². The number of hydrogen-bond donors (Lipinski definition) is 1. The highest BCUT2D eigenvalue weighted by atomic mass is 35.5. The van der Waals surface area contributed by atoms with E-state index in [9.17, 15) is 0 Å². The van der Waals surface area contributed by atoms with Gasteiger partial charge in [-0.05, 0) is 36.2 Å². The molecule has 1 fully saturated rings. The minimum Gasteiger partial charge on any atom is -0.487 e. The number of nitrogens with zero attached hydrogens (tertiary/aromatic N) is 2. The summed E-state index contributed by atoms with van der Waals surface area (Å²) in [5, 5.41) is 5.26. The van der Waals surface area contributed by atoms with Crippen molar-refractivity contribution in [1.29, 1.82) is 0 Å². The van der Waals surface area contributed by atoms with E-state index in [0.29, 0.717) is 17.5 Å². The van der Waals surface area contributed by atoms with Gasteiger partial charge in [0, 0.05) is 31.1 Å². The summed E-state index contributed by atoms with van der Waals surface area (Å²) in [6, 6.07) is 16.4. The van der Waals surface area contributed by atoms with Crippen molar-refractivity contribution in [1.82, 2.24) is 10.3 Å². The number of hydrogen-bond acceptors (Lipinski definition) is 4. The van der Waals surface area contributed by atoms with Crippen molar-refractivity contribution < 1.29 is 4.74 Å². The lowest BCUT2D eigenvalue weighted by Crippen LogP contribution is -2.42. The Balaban J connectivity index is 1.44. The molecule has 0 radical (unpaired) electrons. The first kappa shape index (κ1) is 18.3. The highest BCUT2D eigenvalue weighted by Crippen LogP contribution is 2.36. The molecule has 2 unspecified atom stereocenters. The molecule has 2 aliphatic heterocycles. The van der Waals surface area contributed by atoms with Gasteiger partial charge in [0.1, 0.15) is 12.4 Å². The number of piperidine rings is 1. The number of fused-ring (bicyclic) bond motifs is 1. The highest BCUT2D eigenvalue weighted by Gasteiger charge is 2.36. The third-order valence-electron chi connectivity index (χ3n) is 5.41. The van der Waals surface area contributed by atoms with Crippen LogP contribution in [-0.2, 0) is 6.61 Å². The van der Waals surface area contributed by atoms with Crippen LogP contribution in [-0.4, -0.2) is 30.2 Å². The van der Waals surface area contributed by atoms with E-state index in [4.69, 9.17) is 16.3 Å². The van der Waals surface area contributed by atoms with E-state index in [2.05, 4.69) is 40.5 Å². The molecule has 1 N–H and O–H groups in total. The standard InChI is InChI=1S/C22H26ClN3O/c1-2-11-26-12-10-20-18(14-26)22(25-24-20)17-8-9-21(19(23)13-17)27-15-16-6-4-3-5-7-16/h3-9,13,18,22,25H,2,10-12,14-15H2,1H3. The Morgan fingerprint density at radius 3 is 2.85 bits per heavy atom. The van der Waals surface area contributed by atoms with Gasteiger partial charge in [-0.15, -0.1) is 0 Å². The fourth-order valence-corrected chi connectivity index (χ4v) is 4.24. The van der Waals surface area contributed by atoms with Gasteiger partial charge in [-0.2, -0.15) is 5.10 Å². The fourth-order valence-electron chi connectivity index (χ4n) is 4.00. The summed E-state index contributed by atoms with van der Waals surface area (Å²) in [6.45, 7) is 6.09. The quantitative estimate of drug-likeness (QED) is 0.788. The third kappa shape index (κ3) is 4.12. The van der Waals surface area contributed by atoms with Crippen molar-refractivity contribution in [2.24, 2.45) is 11.0 Å². The first-order valence-corrected chi connectivity index (χ1v) is 10.1. The number of nitrogens with one attached hydrogen (secondary N) is 1. The van der Waals surface area contributed by atoms with E-state index >= 15 is 0 Å². The number of rotatable bonds is 6. The predicted molar refractivity (Wildman–Crippen MR) is 110 cm³/mol. The zero-order valence-electron chi connectivity index (χ0n) is 15.7. The van der Waals surface area contributed by atoms with Crippen LogP contribution in [0.5, 0.6) is 5.75 Å². The summed E-state index contributed by atoms with van der Waals surface area (Å²) in [5.41, 5.74) is 6.95. The molecule has 2 atom stereocenters. The van der Waals surface area contributed by atoms with Gasteiger partial charge < -0.3 is 15.1 Å². The molecule has 1 saturated heterocycles. The van der Waals surface area contributed by atoms with Crippen LogP contribution in [0.3, 0.4) is 0 Å². The lowest BCUT2D eigenvalue weighted by Gasteiger charge is -2.33. The number of halogens is 1. The maximum Gasteiger partial charge on any atom is 0.138 e. The SMILES string of the molecule is CCCN1CCC2=NNC(c3ccc(OCc4ccccc4)c(Cl)c3)C2C1. The lowest BCUT2D eigenvalue weighted by molar-refractivity contribution is 0.228. The minimum atomic E-state index is 0.195. The molecule has 0 bridgehead atoms. The molecule has 0 amide bonds. The van der Waals surface area contributed by atoms with E-state index in [1.807, 2.05) is 30.3 Å². The van der Waals surface area contributed by atoms with Crippen molar-refractivity contribution in [2.75, 3.05) is 19.6 Å². The first-order valence-electron chi connectivity index (χ1n) is 9.75. The van der Waals surface area contributed by atoms with E-state index in [1.165, 1.54) is 17.7 Å². The molecule has 2 aromatic carbocycles.